The molecule has 0 bridgehead atoms. The van der Waals surface area contributed by atoms with Crippen molar-refractivity contribution in [1.29, 1.82) is 0 Å². The van der Waals surface area contributed by atoms with Crippen LogP contribution in [0.1, 0.15) is 24.2 Å². The van der Waals surface area contributed by atoms with Gasteiger partial charge >= 0.3 is 0 Å². The molecule has 1 aliphatic heterocycles. The summed E-state index contributed by atoms with van der Waals surface area (Å²) >= 11 is 0. The van der Waals surface area contributed by atoms with Gasteiger partial charge in [0, 0.05) is 29.8 Å². The van der Waals surface area contributed by atoms with E-state index in [4.69, 9.17) is 9.15 Å². The average molecular weight is 363 g/mol. The summed E-state index contributed by atoms with van der Waals surface area (Å²) in [6.45, 7) is 5.18. The lowest BCUT2D eigenvalue weighted by molar-refractivity contribution is -0.0586. The van der Waals surface area contributed by atoms with Crippen LogP contribution >= 0.6 is 0 Å². The number of hydrogen-bond donors (Lipinski definition) is 0. The first-order chi connectivity index (χ1) is 13.1. The highest BCUT2D eigenvalue weighted by Crippen LogP contribution is 2.24. The summed E-state index contributed by atoms with van der Waals surface area (Å²) in [5, 5.41) is 8.22. The van der Waals surface area contributed by atoms with E-state index >= 15 is 0 Å². The van der Waals surface area contributed by atoms with Crippen LogP contribution in [-0.4, -0.2) is 46.3 Å². The number of hydrogen-bond acceptors (Lipinski definition) is 5. The van der Waals surface area contributed by atoms with Crippen molar-refractivity contribution in [2.75, 3.05) is 13.1 Å². The predicted octanol–water partition coefficient (Wildman–Crippen LogP) is 3.65. The minimum absolute atomic E-state index is 0.0130. The Balaban J connectivity index is 1.51. The lowest BCUT2D eigenvalue weighted by Crippen LogP contribution is -2.48. The molecule has 4 rings (SSSR count). The number of amides is 1. The molecule has 1 aliphatic rings. The van der Waals surface area contributed by atoms with Gasteiger partial charge in [0.2, 0.25) is 11.8 Å². The molecule has 1 amide bonds. The number of morpholine rings is 1. The highest BCUT2D eigenvalue weighted by Gasteiger charge is 2.26. The molecule has 0 radical (unpaired) electrons. The van der Waals surface area contributed by atoms with Gasteiger partial charge in [-0.2, -0.15) is 0 Å². The molecule has 138 valence electrons. The van der Waals surface area contributed by atoms with Crippen LogP contribution in [0.25, 0.3) is 22.9 Å². The molecule has 3 aromatic rings. The molecule has 6 nitrogen and oxygen atoms in total. The van der Waals surface area contributed by atoms with Gasteiger partial charge in [-0.05, 0) is 50.2 Å². The first kappa shape index (κ1) is 17.4. The van der Waals surface area contributed by atoms with Crippen LogP contribution in [0, 0.1) is 0 Å². The molecule has 0 spiro atoms. The number of benzene rings is 2. The average Bonchev–Trinajstić information content (AvgIpc) is 3.18. The molecule has 27 heavy (non-hydrogen) atoms. The van der Waals surface area contributed by atoms with E-state index in [0.29, 0.717) is 30.4 Å². The normalized spacial score (nSPS) is 19.9. The zero-order chi connectivity index (χ0) is 18.8. The van der Waals surface area contributed by atoms with Crippen LogP contribution in [0.3, 0.4) is 0 Å². The Bertz CT molecular complexity index is 911. The van der Waals surface area contributed by atoms with E-state index in [0.717, 1.165) is 11.1 Å². The van der Waals surface area contributed by atoms with Gasteiger partial charge < -0.3 is 14.1 Å². The van der Waals surface area contributed by atoms with Crippen LogP contribution in [0.4, 0.5) is 0 Å². The Kier molecular flexibility index (Phi) is 4.73. The number of aromatic nitrogens is 2. The van der Waals surface area contributed by atoms with Crippen LogP contribution in [0.2, 0.25) is 0 Å². The molecule has 6 heteroatoms. The third-order valence-electron chi connectivity index (χ3n) is 4.53. The van der Waals surface area contributed by atoms with E-state index in [1.165, 1.54) is 0 Å². The molecular weight excluding hydrogens is 342 g/mol. The quantitative estimate of drug-likeness (QED) is 0.710. The van der Waals surface area contributed by atoms with Gasteiger partial charge in [0.1, 0.15) is 0 Å². The summed E-state index contributed by atoms with van der Waals surface area (Å²) in [7, 11) is 0. The number of nitrogens with zero attached hydrogens (tertiary/aromatic N) is 3. The summed E-state index contributed by atoms with van der Waals surface area (Å²) < 4.78 is 11.5. The SMILES string of the molecule is CC1CN(C(=O)c2ccc(-c3nnc(-c4ccccc4)o3)cc2)CC(C)O1. The van der Waals surface area contributed by atoms with Crippen molar-refractivity contribution in [1.82, 2.24) is 15.1 Å². The first-order valence-electron chi connectivity index (χ1n) is 9.04. The van der Waals surface area contributed by atoms with Crippen LogP contribution < -0.4 is 0 Å². The maximum absolute atomic E-state index is 12.7. The summed E-state index contributed by atoms with van der Waals surface area (Å²) in [6.07, 6.45) is 0.0959. The van der Waals surface area contributed by atoms with Crippen molar-refractivity contribution in [3.8, 4) is 22.9 Å². The minimum Gasteiger partial charge on any atom is -0.416 e. The fourth-order valence-corrected chi connectivity index (χ4v) is 3.32. The summed E-state index contributed by atoms with van der Waals surface area (Å²) in [4.78, 5) is 14.6. The van der Waals surface area contributed by atoms with Gasteiger partial charge in [-0.25, -0.2) is 0 Å². The van der Waals surface area contributed by atoms with E-state index < -0.39 is 0 Å². The van der Waals surface area contributed by atoms with Crippen molar-refractivity contribution >= 4 is 5.91 Å². The molecule has 0 saturated carbocycles. The van der Waals surface area contributed by atoms with Gasteiger partial charge in [0.05, 0.1) is 12.2 Å². The van der Waals surface area contributed by atoms with Crippen LogP contribution in [0.5, 0.6) is 0 Å². The smallest absolute Gasteiger partial charge is 0.254 e. The number of rotatable bonds is 3. The maximum Gasteiger partial charge on any atom is 0.254 e. The van der Waals surface area contributed by atoms with E-state index in [-0.39, 0.29) is 18.1 Å². The number of ether oxygens (including phenoxy) is 1. The minimum atomic E-state index is 0.0130. The van der Waals surface area contributed by atoms with Gasteiger partial charge in [0.25, 0.3) is 5.91 Å². The summed E-state index contributed by atoms with van der Waals surface area (Å²) in [5.74, 6) is 0.919. The second-order valence-electron chi connectivity index (χ2n) is 6.82. The molecule has 0 aliphatic carbocycles. The molecule has 0 N–H and O–H groups in total. The highest BCUT2D eigenvalue weighted by atomic mass is 16.5. The summed E-state index contributed by atoms with van der Waals surface area (Å²) in [6, 6.07) is 16.9. The molecule has 2 unspecified atom stereocenters. The maximum atomic E-state index is 12.7. The second-order valence-corrected chi connectivity index (χ2v) is 6.82. The van der Waals surface area contributed by atoms with Crippen molar-refractivity contribution in [3.63, 3.8) is 0 Å². The highest BCUT2D eigenvalue weighted by molar-refractivity contribution is 5.94. The Labute approximate surface area is 157 Å². The first-order valence-corrected chi connectivity index (χ1v) is 9.04. The largest absolute Gasteiger partial charge is 0.416 e. The fraction of sp³-hybridized carbons (Fsp3) is 0.286. The number of carbonyl (C=O) groups excluding carboxylic acids is 1. The van der Waals surface area contributed by atoms with E-state index in [9.17, 15) is 4.79 Å². The Hall–Kier alpha value is -2.99. The van der Waals surface area contributed by atoms with Gasteiger partial charge in [-0.1, -0.05) is 18.2 Å². The lowest BCUT2D eigenvalue weighted by atomic mass is 10.1. The molecule has 1 aromatic heterocycles. The monoisotopic (exact) mass is 363 g/mol. The Morgan fingerprint density at radius 3 is 2.04 bits per heavy atom. The Morgan fingerprint density at radius 1 is 0.889 bits per heavy atom. The summed E-state index contributed by atoms with van der Waals surface area (Å²) in [5.41, 5.74) is 2.30. The van der Waals surface area contributed by atoms with Crippen LogP contribution in [0.15, 0.2) is 59.0 Å². The van der Waals surface area contributed by atoms with Crippen molar-refractivity contribution < 1.29 is 13.9 Å². The zero-order valence-electron chi connectivity index (χ0n) is 15.3. The van der Waals surface area contributed by atoms with E-state index in [1.807, 2.05) is 61.2 Å². The van der Waals surface area contributed by atoms with Crippen molar-refractivity contribution in [2.24, 2.45) is 0 Å². The third kappa shape index (κ3) is 3.75. The van der Waals surface area contributed by atoms with Gasteiger partial charge in [-0.15, -0.1) is 10.2 Å². The zero-order valence-corrected chi connectivity index (χ0v) is 15.3. The topological polar surface area (TPSA) is 68.5 Å². The Morgan fingerprint density at radius 2 is 1.44 bits per heavy atom. The molecule has 2 aromatic carbocycles. The lowest BCUT2D eigenvalue weighted by Gasteiger charge is -2.35. The van der Waals surface area contributed by atoms with Gasteiger partial charge in [0.15, 0.2) is 0 Å². The fourth-order valence-electron chi connectivity index (χ4n) is 3.32. The van der Waals surface area contributed by atoms with Crippen molar-refractivity contribution in [2.45, 2.75) is 26.1 Å². The molecule has 1 saturated heterocycles. The van der Waals surface area contributed by atoms with Crippen LogP contribution in [-0.2, 0) is 4.74 Å². The predicted molar refractivity (Wildman–Crippen MR) is 101 cm³/mol. The second kappa shape index (κ2) is 7.32. The number of carbonyl (C=O) groups is 1. The van der Waals surface area contributed by atoms with Crippen molar-refractivity contribution in [3.05, 3.63) is 60.2 Å². The molecule has 1 fully saturated rings. The molecular formula is C21H21N3O3. The van der Waals surface area contributed by atoms with E-state index in [1.54, 1.807) is 12.1 Å². The third-order valence-corrected chi connectivity index (χ3v) is 4.53. The molecule has 2 atom stereocenters. The standard InChI is InChI=1S/C21H21N3O3/c1-14-12-24(13-15(2)26-14)21(25)18-10-8-17(9-11-18)20-23-22-19(27-20)16-6-4-3-5-7-16/h3-11,14-15H,12-13H2,1-2H3. The van der Waals surface area contributed by atoms with Gasteiger partial charge in [-0.3, -0.25) is 4.79 Å². The molecule has 2 heterocycles. The van der Waals surface area contributed by atoms with E-state index in [2.05, 4.69) is 10.2 Å².